The summed E-state index contributed by atoms with van der Waals surface area (Å²) in [4.78, 5) is 15.2. The van der Waals surface area contributed by atoms with Gasteiger partial charge in [0.05, 0.1) is 18.1 Å². The first-order valence-electron chi connectivity index (χ1n) is 10.6. The Kier molecular flexibility index (Phi) is 7.67. The normalized spacial score (nSPS) is 19.9. The minimum Gasteiger partial charge on any atom is -0.379 e. The monoisotopic (exact) mass is 423 g/mol. The molecule has 29 heavy (non-hydrogen) atoms. The number of amides is 1. The third-order valence-corrected chi connectivity index (χ3v) is 7.77. The van der Waals surface area contributed by atoms with E-state index in [9.17, 15) is 13.2 Å². The smallest absolute Gasteiger partial charge is 0.251 e. The van der Waals surface area contributed by atoms with E-state index in [4.69, 9.17) is 4.74 Å². The van der Waals surface area contributed by atoms with E-state index in [-0.39, 0.29) is 10.8 Å². The van der Waals surface area contributed by atoms with Crippen molar-refractivity contribution in [2.45, 2.75) is 38.0 Å². The van der Waals surface area contributed by atoms with Crippen molar-refractivity contribution in [2.75, 3.05) is 52.5 Å². The molecule has 0 radical (unpaired) electrons. The van der Waals surface area contributed by atoms with E-state index in [1.54, 1.807) is 16.4 Å². The van der Waals surface area contributed by atoms with Gasteiger partial charge in [0.25, 0.3) is 5.91 Å². The molecule has 2 aliphatic heterocycles. The maximum atomic E-state index is 13.0. The third-order valence-electron chi connectivity index (χ3n) is 5.87. The summed E-state index contributed by atoms with van der Waals surface area (Å²) in [5, 5.41) is 2.94. The van der Waals surface area contributed by atoms with Gasteiger partial charge >= 0.3 is 0 Å². The fraction of sp³-hybridized carbons (Fsp3) is 0.667. The molecule has 2 heterocycles. The summed E-state index contributed by atoms with van der Waals surface area (Å²) < 4.78 is 32.9. The van der Waals surface area contributed by atoms with Crippen LogP contribution in [-0.2, 0) is 14.8 Å². The second-order valence-electron chi connectivity index (χ2n) is 8.13. The van der Waals surface area contributed by atoms with Gasteiger partial charge in [-0.05, 0) is 56.3 Å². The molecule has 0 unspecified atom stereocenters. The van der Waals surface area contributed by atoms with Crippen LogP contribution in [0.25, 0.3) is 0 Å². The number of carbonyl (C=O) groups is 1. The fourth-order valence-corrected chi connectivity index (χ4v) is 5.30. The summed E-state index contributed by atoms with van der Waals surface area (Å²) in [5.74, 6) is 0.340. The highest BCUT2D eigenvalue weighted by Gasteiger charge is 2.28. The Balaban J connectivity index is 1.59. The molecule has 0 aliphatic carbocycles. The van der Waals surface area contributed by atoms with Gasteiger partial charge in [0, 0.05) is 38.3 Å². The van der Waals surface area contributed by atoms with Gasteiger partial charge < -0.3 is 10.1 Å². The van der Waals surface area contributed by atoms with Crippen LogP contribution in [0.4, 0.5) is 0 Å². The van der Waals surface area contributed by atoms with Gasteiger partial charge in [-0.15, -0.1) is 0 Å². The molecular weight excluding hydrogens is 390 g/mol. The number of sulfonamides is 1. The van der Waals surface area contributed by atoms with Crippen molar-refractivity contribution in [3.63, 3.8) is 0 Å². The summed E-state index contributed by atoms with van der Waals surface area (Å²) in [5.41, 5.74) is 1.21. The topological polar surface area (TPSA) is 79.0 Å². The molecule has 2 fully saturated rings. The Morgan fingerprint density at radius 2 is 1.86 bits per heavy atom. The molecule has 1 N–H and O–H groups in total. The maximum Gasteiger partial charge on any atom is 0.251 e. The molecule has 2 aliphatic rings. The molecule has 8 heteroatoms. The standard InChI is InChI=1S/C21H33N3O4S/c1-17-6-10-24(11-7-17)29(26,27)19-5-4-18(2)20(16-19)21(25)22-8-3-9-23-12-14-28-15-13-23/h4-5,16-17H,3,6-15H2,1-2H3,(H,22,25). The van der Waals surface area contributed by atoms with E-state index in [1.165, 1.54) is 6.07 Å². The minimum atomic E-state index is -3.56. The lowest BCUT2D eigenvalue weighted by atomic mass is 10.0. The van der Waals surface area contributed by atoms with Crippen LogP contribution >= 0.6 is 0 Å². The molecule has 7 nitrogen and oxygen atoms in total. The molecule has 3 rings (SSSR count). The number of aryl methyl sites for hydroxylation is 1. The van der Waals surface area contributed by atoms with Crippen molar-refractivity contribution >= 4 is 15.9 Å². The number of nitrogens with one attached hydrogen (secondary N) is 1. The van der Waals surface area contributed by atoms with E-state index in [2.05, 4.69) is 17.1 Å². The predicted octanol–water partition coefficient (Wildman–Crippen LogP) is 1.87. The lowest BCUT2D eigenvalue weighted by Crippen LogP contribution is -2.38. The van der Waals surface area contributed by atoms with Crippen LogP contribution in [0.1, 0.15) is 42.1 Å². The first-order chi connectivity index (χ1) is 13.9. The number of nitrogens with zero attached hydrogens (tertiary/aromatic N) is 2. The first-order valence-corrected chi connectivity index (χ1v) is 12.0. The lowest BCUT2D eigenvalue weighted by Gasteiger charge is -2.29. The van der Waals surface area contributed by atoms with E-state index in [1.807, 2.05) is 6.92 Å². The molecule has 0 bridgehead atoms. The van der Waals surface area contributed by atoms with Crippen molar-refractivity contribution in [1.82, 2.24) is 14.5 Å². The zero-order chi connectivity index (χ0) is 20.9. The van der Waals surface area contributed by atoms with E-state index in [0.29, 0.717) is 31.1 Å². The minimum absolute atomic E-state index is 0.205. The van der Waals surface area contributed by atoms with Crippen LogP contribution in [0.15, 0.2) is 23.1 Å². The second kappa shape index (κ2) is 10.0. The van der Waals surface area contributed by atoms with Crippen molar-refractivity contribution in [1.29, 1.82) is 0 Å². The third kappa shape index (κ3) is 5.78. The average Bonchev–Trinajstić information content (AvgIpc) is 2.72. The van der Waals surface area contributed by atoms with Crippen LogP contribution in [0, 0.1) is 12.8 Å². The highest BCUT2D eigenvalue weighted by atomic mass is 32.2. The summed E-state index contributed by atoms with van der Waals surface area (Å²) in [6.45, 7) is 9.96. The van der Waals surface area contributed by atoms with Crippen LogP contribution in [0.2, 0.25) is 0 Å². The fourth-order valence-electron chi connectivity index (χ4n) is 3.81. The predicted molar refractivity (Wildman–Crippen MR) is 113 cm³/mol. The molecule has 0 atom stereocenters. The number of piperidine rings is 1. The highest BCUT2D eigenvalue weighted by Crippen LogP contribution is 2.25. The van der Waals surface area contributed by atoms with E-state index < -0.39 is 10.0 Å². The van der Waals surface area contributed by atoms with E-state index >= 15 is 0 Å². The first kappa shape index (κ1) is 22.2. The van der Waals surface area contributed by atoms with Crippen LogP contribution in [-0.4, -0.2) is 76.0 Å². The van der Waals surface area contributed by atoms with Crippen LogP contribution in [0.5, 0.6) is 0 Å². The molecule has 0 spiro atoms. The van der Waals surface area contributed by atoms with Gasteiger partial charge in [-0.1, -0.05) is 13.0 Å². The summed E-state index contributed by atoms with van der Waals surface area (Å²) in [6.07, 6.45) is 2.61. The van der Waals surface area contributed by atoms with Gasteiger partial charge in [-0.3, -0.25) is 9.69 Å². The quantitative estimate of drug-likeness (QED) is 0.678. The number of benzene rings is 1. The van der Waals surface area contributed by atoms with Gasteiger partial charge in [0.15, 0.2) is 0 Å². The summed E-state index contributed by atoms with van der Waals surface area (Å²) in [6, 6.07) is 4.86. The van der Waals surface area contributed by atoms with E-state index in [0.717, 1.165) is 57.7 Å². The molecule has 162 valence electrons. The van der Waals surface area contributed by atoms with Crippen molar-refractivity contribution < 1.29 is 17.9 Å². The van der Waals surface area contributed by atoms with Crippen LogP contribution < -0.4 is 5.32 Å². The highest BCUT2D eigenvalue weighted by molar-refractivity contribution is 7.89. The zero-order valence-corrected chi connectivity index (χ0v) is 18.3. The van der Waals surface area contributed by atoms with Gasteiger partial charge in [-0.2, -0.15) is 4.31 Å². The van der Waals surface area contributed by atoms with Crippen molar-refractivity contribution in [3.8, 4) is 0 Å². The molecule has 2 saturated heterocycles. The average molecular weight is 424 g/mol. The number of morpholine rings is 1. The SMILES string of the molecule is Cc1ccc(S(=O)(=O)N2CCC(C)CC2)cc1C(=O)NCCCN1CCOCC1. The number of rotatable bonds is 7. The molecule has 0 aromatic heterocycles. The molecule has 1 aromatic rings. The Hall–Kier alpha value is -1.48. The van der Waals surface area contributed by atoms with Crippen LogP contribution in [0.3, 0.4) is 0 Å². The number of hydrogen-bond acceptors (Lipinski definition) is 5. The Morgan fingerprint density at radius 3 is 2.55 bits per heavy atom. The number of hydrogen-bond donors (Lipinski definition) is 1. The largest absolute Gasteiger partial charge is 0.379 e. The van der Waals surface area contributed by atoms with Crippen molar-refractivity contribution in [2.24, 2.45) is 5.92 Å². The van der Waals surface area contributed by atoms with Gasteiger partial charge in [-0.25, -0.2) is 8.42 Å². The molecule has 1 aromatic carbocycles. The Morgan fingerprint density at radius 1 is 1.17 bits per heavy atom. The van der Waals surface area contributed by atoms with Gasteiger partial charge in [0.1, 0.15) is 0 Å². The molecule has 0 saturated carbocycles. The second-order valence-corrected chi connectivity index (χ2v) is 10.1. The number of ether oxygens (including phenoxy) is 1. The molecule has 1 amide bonds. The maximum absolute atomic E-state index is 13.0. The zero-order valence-electron chi connectivity index (χ0n) is 17.5. The van der Waals surface area contributed by atoms with Crippen molar-refractivity contribution in [3.05, 3.63) is 29.3 Å². The Labute approximate surface area is 174 Å². The Bertz CT molecular complexity index is 798. The van der Waals surface area contributed by atoms with Gasteiger partial charge in [0.2, 0.25) is 10.0 Å². The molecular formula is C21H33N3O4S. The summed E-state index contributed by atoms with van der Waals surface area (Å²) in [7, 11) is -3.56. The lowest BCUT2D eigenvalue weighted by molar-refractivity contribution is 0.0374. The number of carbonyl (C=O) groups excluding carboxylic acids is 1. The summed E-state index contributed by atoms with van der Waals surface area (Å²) >= 11 is 0.